The van der Waals surface area contributed by atoms with Crippen molar-refractivity contribution in [3.63, 3.8) is 0 Å². The Kier molecular flexibility index (Phi) is 3.78. The minimum absolute atomic E-state index is 0.159. The molecular formula is C4H10NO4P. The van der Waals surface area contributed by atoms with E-state index < -0.39 is 13.6 Å². The summed E-state index contributed by atoms with van der Waals surface area (Å²) in [6.45, 7) is 3.45. The second kappa shape index (κ2) is 3.85. The fourth-order valence-electron chi connectivity index (χ4n) is 0.308. The number of aliphatic hydroxyl groups excluding tert-OH is 1. The zero-order valence-corrected chi connectivity index (χ0v) is 6.16. The van der Waals surface area contributed by atoms with E-state index in [4.69, 9.17) is 14.9 Å². The van der Waals surface area contributed by atoms with Crippen LogP contribution in [-0.4, -0.2) is 27.4 Å². The Morgan fingerprint density at radius 1 is 1.70 bits per heavy atom. The van der Waals surface area contributed by atoms with Gasteiger partial charge in [-0.1, -0.05) is 6.08 Å². The summed E-state index contributed by atoms with van der Waals surface area (Å²) in [4.78, 5) is 16.6. The molecule has 0 saturated carbocycles. The molecule has 0 radical (unpaired) electrons. The van der Waals surface area contributed by atoms with Crippen LogP contribution < -0.4 is 5.32 Å². The largest absolute Gasteiger partial charge is 0.368 e. The molecule has 4 N–H and O–H groups in total. The van der Waals surface area contributed by atoms with Crippen molar-refractivity contribution in [2.45, 2.75) is 5.97 Å². The van der Waals surface area contributed by atoms with E-state index in [0.29, 0.717) is 0 Å². The van der Waals surface area contributed by atoms with E-state index in [-0.39, 0.29) is 6.54 Å². The molecule has 0 saturated heterocycles. The van der Waals surface area contributed by atoms with E-state index >= 15 is 0 Å². The number of hydrogen-bond donors (Lipinski definition) is 4. The average Bonchev–Trinajstić information content (AvgIpc) is 1.80. The van der Waals surface area contributed by atoms with Crippen molar-refractivity contribution < 1.29 is 19.5 Å². The van der Waals surface area contributed by atoms with Gasteiger partial charge >= 0.3 is 7.60 Å². The molecule has 0 aromatic rings. The van der Waals surface area contributed by atoms with Gasteiger partial charge in [0.25, 0.3) is 0 Å². The van der Waals surface area contributed by atoms with Crippen LogP contribution in [0, 0.1) is 0 Å². The third kappa shape index (κ3) is 3.76. The van der Waals surface area contributed by atoms with Gasteiger partial charge in [-0.2, -0.15) is 0 Å². The van der Waals surface area contributed by atoms with Gasteiger partial charge in [0.15, 0.2) is 0 Å². The van der Waals surface area contributed by atoms with E-state index in [2.05, 4.69) is 11.9 Å². The zero-order valence-electron chi connectivity index (χ0n) is 5.27. The summed E-state index contributed by atoms with van der Waals surface area (Å²) < 4.78 is 10.2. The molecule has 1 unspecified atom stereocenters. The van der Waals surface area contributed by atoms with Crippen LogP contribution in [0.1, 0.15) is 0 Å². The molecule has 0 rings (SSSR count). The van der Waals surface area contributed by atoms with E-state index in [1.807, 2.05) is 0 Å². The van der Waals surface area contributed by atoms with Gasteiger partial charge in [0, 0.05) is 6.54 Å². The monoisotopic (exact) mass is 167 g/mol. The molecule has 0 aromatic carbocycles. The Morgan fingerprint density at radius 3 is 2.50 bits per heavy atom. The SMILES string of the molecule is C=CCNC(O)P(=O)(O)O. The molecule has 10 heavy (non-hydrogen) atoms. The highest BCUT2D eigenvalue weighted by Gasteiger charge is 2.24. The van der Waals surface area contributed by atoms with Crippen molar-refractivity contribution in [1.29, 1.82) is 0 Å². The molecule has 0 aliphatic heterocycles. The predicted molar refractivity (Wildman–Crippen MR) is 36.3 cm³/mol. The van der Waals surface area contributed by atoms with Crippen molar-refractivity contribution in [2.75, 3.05) is 6.54 Å². The molecule has 6 heteroatoms. The summed E-state index contributed by atoms with van der Waals surface area (Å²) >= 11 is 0. The number of aliphatic hydroxyl groups is 1. The Labute approximate surface area is 58.5 Å². The van der Waals surface area contributed by atoms with Gasteiger partial charge in [-0.25, -0.2) is 0 Å². The van der Waals surface area contributed by atoms with Crippen LogP contribution in [0.4, 0.5) is 0 Å². The van der Waals surface area contributed by atoms with Crippen molar-refractivity contribution in [1.82, 2.24) is 5.32 Å². The molecule has 0 bridgehead atoms. The minimum Gasteiger partial charge on any atom is -0.368 e. The van der Waals surface area contributed by atoms with Crippen LogP contribution in [-0.2, 0) is 4.57 Å². The molecule has 0 aromatic heterocycles. The Balaban J connectivity index is 3.73. The number of nitrogens with one attached hydrogen (secondary N) is 1. The van der Waals surface area contributed by atoms with Gasteiger partial charge in [0.2, 0.25) is 5.97 Å². The summed E-state index contributed by atoms with van der Waals surface area (Å²) in [5, 5.41) is 10.7. The van der Waals surface area contributed by atoms with Crippen molar-refractivity contribution in [2.24, 2.45) is 0 Å². The molecule has 0 aliphatic carbocycles. The molecule has 1 atom stereocenters. The molecule has 0 aliphatic rings. The first-order valence-corrected chi connectivity index (χ1v) is 4.24. The predicted octanol–water partition coefficient (Wildman–Crippen LogP) is -0.784. The molecule has 0 fully saturated rings. The fraction of sp³-hybridized carbons (Fsp3) is 0.500. The first-order chi connectivity index (χ1) is 4.48. The Bertz CT molecular complexity index is 153. The lowest BCUT2D eigenvalue weighted by Gasteiger charge is -2.11. The summed E-state index contributed by atoms with van der Waals surface area (Å²) in [6, 6.07) is 0. The standard InChI is InChI=1S/C4H10NO4P/c1-2-3-5-4(6)10(7,8)9/h2,4-6H,1,3H2,(H2,7,8,9). The lowest BCUT2D eigenvalue weighted by Crippen LogP contribution is -2.28. The Hall–Kier alpha value is -0.190. The van der Waals surface area contributed by atoms with Crippen molar-refractivity contribution >= 4 is 7.60 Å². The first-order valence-electron chi connectivity index (χ1n) is 2.56. The second-order valence-electron chi connectivity index (χ2n) is 1.66. The lowest BCUT2D eigenvalue weighted by atomic mass is 10.6. The highest BCUT2D eigenvalue weighted by Crippen LogP contribution is 2.37. The summed E-state index contributed by atoms with van der Waals surface area (Å²) in [6.07, 6.45) is 1.39. The summed E-state index contributed by atoms with van der Waals surface area (Å²) in [5.74, 6) is -1.79. The van der Waals surface area contributed by atoms with Crippen LogP contribution >= 0.6 is 7.60 Å². The van der Waals surface area contributed by atoms with E-state index in [1.54, 1.807) is 0 Å². The minimum atomic E-state index is -4.39. The fourth-order valence-corrected chi connectivity index (χ4v) is 0.651. The molecule has 0 amide bonds. The van der Waals surface area contributed by atoms with E-state index in [1.165, 1.54) is 6.08 Å². The second-order valence-corrected chi connectivity index (χ2v) is 3.33. The van der Waals surface area contributed by atoms with Crippen LogP contribution in [0.2, 0.25) is 0 Å². The zero-order chi connectivity index (χ0) is 8.20. The summed E-state index contributed by atoms with van der Waals surface area (Å²) in [5.41, 5.74) is 0. The first kappa shape index (κ1) is 9.81. The summed E-state index contributed by atoms with van der Waals surface area (Å²) in [7, 11) is -4.39. The average molecular weight is 167 g/mol. The van der Waals surface area contributed by atoms with Crippen LogP contribution in [0.3, 0.4) is 0 Å². The maximum atomic E-state index is 10.2. The highest BCUT2D eigenvalue weighted by molar-refractivity contribution is 7.52. The Morgan fingerprint density at radius 2 is 2.20 bits per heavy atom. The highest BCUT2D eigenvalue weighted by atomic mass is 31.2. The van der Waals surface area contributed by atoms with Crippen LogP contribution in [0.5, 0.6) is 0 Å². The van der Waals surface area contributed by atoms with Gasteiger partial charge in [0.1, 0.15) is 0 Å². The number of hydrogen-bond acceptors (Lipinski definition) is 3. The maximum absolute atomic E-state index is 10.2. The van der Waals surface area contributed by atoms with Crippen LogP contribution in [0.25, 0.3) is 0 Å². The quantitative estimate of drug-likeness (QED) is 0.250. The van der Waals surface area contributed by atoms with E-state index in [9.17, 15) is 4.57 Å². The van der Waals surface area contributed by atoms with Crippen LogP contribution in [0.15, 0.2) is 12.7 Å². The molecular weight excluding hydrogens is 157 g/mol. The number of rotatable bonds is 4. The molecule has 0 heterocycles. The van der Waals surface area contributed by atoms with Gasteiger partial charge in [-0.15, -0.1) is 6.58 Å². The third-order valence-corrected chi connectivity index (χ3v) is 1.58. The molecule has 5 nitrogen and oxygen atoms in total. The van der Waals surface area contributed by atoms with Gasteiger partial charge in [-0.3, -0.25) is 9.88 Å². The normalized spacial score (nSPS) is 14.7. The van der Waals surface area contributed by atoms with Gasteiger partial charge in [0.05, 0.1) is 0 Å². The molecule has 60 valence electrons. The molecule has 0 spiro atoms. The topological polar surface area (TPSA) is 89.8 Å². The van der Waals surface area contributed by atoms with Gasteiger partial charge in [-0.05, 0) is 0 Å². The lowest BCUT2D eigenvalue weighted by molar-refractivity contribution is 0.175. The van der Waals surface area contributed by atoms with E-state index in [0.717, 1.165) is 0 Å². The maximum Gasteiger partial charge on any atom is 0.368 e. The smallest absolute Gasteiger partial charge is 0.368 e. The van der Waals surface area contributed by atoms with Crippen molar-refractivity contribution in [3.8, 4) is 0 Å². The van der Waals surface area contributed by atoms with Crippen molar-refractivity contribution in [3.05, 3.63) is 12.7 Å². The van der Waals surface area contributed by atoms with Gasteiger partial charge < -0.3 is 14.9 Å². The third-order valence-electron chi connectivity index (χ3n) is 0.763.